The molecular formula is C16H15FN4O2S2. The molecule has 6 nitrogen and oxygen atoms in total. The molecule has 9 heteroatoms. The summed E-state index contributed by atoms with van der Waals surface area (Å²) in [6, 6.07) is 5.39. The third-order valence-corrected chi connectivity index (χ3v) is 5.41. The van der Waals surface area contributed by atoms with Gasteiger partial charge in [-0.05, 0) is 24.3 Å². The van der Waals surface area contributed by atoms with Gasteiger partial charge in [0.15, 0.2) is 10.1 Å². The maximum absolute atomic E-state index is 12.9. The number of thioether (sulfide) groups is 1. The molecule has 130 valence electrons. The van der Waals surface area contributed by atoms with E-state index in [1.807, 2.05) is 20.8 Å². The van der Waals surface area contributed by atoms with Gasteiger partial charge in [0.2, 0.25) is 4.96 Å². The number of hydrogen-bond donors (Lipinski definition) is 0. The van der Waals surface area contributed by atoms with Crippen molar-refractivity contribution in [2.24, 2.45) is 0 Å². The average molecular weight is 378 g/mol. The molecule has 0 aliphatic rings. The second kappa shape index (κ2) is 6.64. The number of rotatable bonds is 4. The fourth-order valence-corrected chi connectivity index (χ4v) is 3.84. The molecule has 2 aromatic heterocycles. The number of nitrogens with zero attached hydrogens (tertiary/aromatic N) is 4. The lowest BCUT2D eigenvalue weighted by Crippen LogP contribution is -2.30. The summed E-state index contributed by atoms with van der Waals surface area (Å²) in [5, 5.41) is 12.3. The Morgan fingerprint density at radius 2 is 1.92 bits per heavy atom. The van der Waals surface area contributed by atoms with Crippen molar-refractivity contribution in [3.63, 3.8) is 0 Å². The molecule has 1 aromatic carbocycles. The van der Waals surface area contributed by atoms with Crippen LogP contribution in [0.5, 0.6) is 0 Å². The van der Waals surface area contributed by atoms with E-state index < -0.39 is 5.41 Å². The monoisotopic (exact) mass is 378 g/mol. The van der Waals surface area contributed by atoms with Crippen LogP contribution in [0.2, 0.25) is 0 Å². The zero-order chi connectivity index (χ0) is 18.2. The molecule has 0 bridgehead atoms. The van der Waals surface area contributed by atoms with E-state index in [1.54, 1.807) is 0 Å². The summed E-state index contributed by atoms with van der Waals surface area (Å²) in [4.78, 5) is 25.0. The van der Waals surface area contributed by atoms with E-state index in [0.29, 0.717) is 20.6 Å². The van der Waals surface area contributed by atoms with Crippen LogP contribution in [0.25, 0.3) is 4.96 Å². The third-order valence-electron chi connectivity index (χ3n) is 3.38. The number of hydrogen-bond acceptors (Lipinski definition) is 7. The number of carbonyl (C=O) groups excluding carboxylic acids is 1. The molecule has 3 aromatic rings. The van der Waals surface area contributed by atoms with E-state index in [9.17, 15) is 14.0 Å². The van der Waals surface area contributed by atoms with Crippen LogP contribution in [-0.4, -0.2) is 31.3 Å². The number of carbonyl (C=O) groups is 1. The second-order valence-corrected chi connectivity index (χ2v) is 8.56. The number of Topliss-reactive ketones (excluding diaryl/α,β-unsaturated/α-hetero) is 1. The first-order valence-electron chi connectivity index (χ1n) is 7.44. The molecule has 0 aliphatic carbocycles. The Hall–Kier alpha value is -2.13. The Balaban J connectivity index is 1.81. The topological polar surface area (TPSA) is 77.2 Å². The van der Waals surface area contributed by atoms with Crippen molar-refractivity contribution in [3.05, 3.63) is 51.7 Å². The van der Waals surface area contributed by atoms with Crippen LogP contribution < -0.4 is 5.56 Å². The van der Waals surface area contributed by atoms with Crippen molar-refractivity contribution in [3.8, 4) is 0 Å². The summed E-state index contributed by atoms with van der Waals surface area (Å²) >= 11 is 2.41. The van der Waals surface area contributed by atoms with E-state index in [4.69, 9.17) is 0 Å². The number of benzene rings is 1. The number of aromatic nitrogens is 4. The number of ketones is 1. The SMILES string of the molecule is CC(C)(C)c1nnc2sc(SCC(=O)c3ccc(F)cc3)nn2c1=O. The zero-order valence-electron chi connectivity index (χ0n) is 13.8. The van der Waals surface area contributed by atoms with E-state index >= 15 is 0 Å². The summed E-state index contributed by atoms with van der Waals surface area (Å²) in [7, 11) is 0. The first kappa shape index (κ1) is 17.7. The number of halogens is 1. The van der Waals surface area contributed by atoms with Crippen molar-refractivity contribution in [2.75, 3.05) is 5.75 Å². The summed E-state index contributed by atoms with van der Waals surface area (Å²) < 4.78 is 14.7. The fourth-order valence-electron chi connectivity index (χ4n) is 2.07. The summed E-state index contributed by atoms with van der Waals surface area (Å²) in [5.74, 6) is -0.388. The number of fused-ring (bicyclic) bond motifs is 1. The van der Waals surface area contributed by atoms with Gasteiger partial charge in [-0.3, -0.25) is 9.59 Å². The van der Waals surface area contributed by atoms with E-state index in [1.165, 1.54) is 51.9 Å². The van der Waals surface area contributed by atoms with Gasteiger partial charge in [0, 0.05) is 11.0 Å². The Morgan fingerprint density at radius 1 is 1.24 bits per heavy atom. The van der Waals surface area contributed by atoms with Crippen LogP contribution in [0.4, 0.5) is 4.39 Å². The Morgan fingerprint density at radius 3 is 2.56 bits per heavy atom. The molecule has 0 saturated heterocycles. The minimum Gasteiger partial charge on any atom is -0.293 e. The highest BCUT2D eigenvalue weighted by Gasteiger charge is 2.23. The Kier molecular flexibility index (Phi) is 4.70. The van der Waals surface area contributed by atoms with Crippen molar-refractivity contribution in [2.45, 2.75) is 30.5 Å². The van der Waals surface area contributed by atoms with Crippen molar-refractivity contribution >= 4 is 33.8 Å². The highest BCUT2D eigenvalue weighted by Crippen LogP contribution is 2.24. The largest absolute Gasteiger partial charge is 0.297 e. The fraction of sp³-hybridized carbons (Fsp3) is 0.312. The second-order valence-electron chi connectivity index (χ2n) is 6.38. The predicted octanol–water partition coefficient (Wildman–Crippen LogP) is 2.96. The van der Waals surface area contributed by atoms with Crippen molar-refractivity contribution < 1.29 is 9.18 Å². The van der Waals surface area contributed by atoms with E-state index in [0.717, 1.165) is 0 Å². The van der Waals surface area contributed by atoms with Gasteiger partial charge in [-0.25, -0.2) is 4.39 Å². The van der Waals surface area contributed by atoms with E-state index in [2.05, 4.69) is 15.3 Å². The molecule has 25 heavy (non-hydrogen) atoms. The molecule has 2 heterocycles. The minimum absolute atomic E-state index is 0.139. The summed E-state index contributed by atoms with van der Waals surface area (Å²) in [6.45, 7) is 5.65. The first-order chi connectivity index (χ1) is 11.8. The van der Waals surface area contributed by atoms with Crippen LogP contribution in [0.15, 0.2) is 33.4 Å². The first-order valence-corrected chi connectivity index (χ1v) is 9.24. The third kappa shape index (κ3) is 3.77. The predicted molar refractivity (Wildman–Crippen MR) is 95.1 cm³/mol. The van der Waals surface area contributed by atoms with Gasteiger partial charge in [0.1, 0.15) is 11.5 Å². The zero-order valence-corrected chi connectivity index (χ0v) is 15.4. The standard InChI is InChI=1S/C16H15FN4O2S2/c1-16(2,3)12-13(23)21-14(19-18-12)25-15(20-21)24-8-11(22)9-4-6-10(17)7-5-9/h4-7H,8H2,1-3H3. The molecule has 0 atom stereocenters. The maximum atomic E-state index is 12.9. The van der Waals surface area contributed by atoms with Crippen LogP contribution in [0, 0.1) is 5.82 Å². The van der Waals surface area contributed by atoms with Gasteiger partial charge >= 0.3 is 0 Å². The Labute approximate surface area is 151 Å². The van der Waals surface area contributed by atoms with Crippen LogP contribution in [0.1, 0.15) is 36.8 Å². The van der Waals surface area contributed by atoms with Gasteiger partial charge in [0.05, 0.1) is 5.75 Å². The highest BCUT2D eigenvalue weighted by molar-refractivity contribution is 8.01. The lowest BCUT2D eigenvalue weighted by atomic mass is 9.93. The molecule has 0 unspecified atom stereocenters. The van der Waals surface area contributed by atoms with Gasteiger partial charge < -0.3 is 0 Å². The molecule has 0 amide bonds. The molecule has 0 aliphatic heterocycles. The summed E-state index contributed by atoms with van der Waals surface area (Å²) in [6.07, 6.45) is 0. The average Bonchev–Trinajstić information content (AvgIpc) is 2.96. The van der Waals surface area contributed by atoms with Crippen LogP contribution in [0.3, 0.4) is 0 Å². The molecular weight excluding hydrogens is 363 g/mol. The van der Waals surface area contributed by atoms with E-state index in [-0.39, 0.29) is 22.9 Å². The van der Waals surface area contributed by atoms with Crippen molar-refractivity contribution in [1.29, 1.82) is 0 Å². The van der Waals surface area contributed by atoms with Crippen molar-refractivity contribution in [1.82, 2.24) is 19.8 Å². The molecule has 0 fully saturated rings. The molecule has 0 radical (unpaired) electrons. The lowest BCUT2D eigenvalue weighted by Gasteiger charge is -2.14. The normalized spacial score (nSPS) is 11.8. The molecule has 3 rings (SSSR count). The summed E-state index contributed by atoms with van der Waals surface area (Å²) in [5.41, 5.74) is 0.0440. The van der Waals surface area contributed by atoms with Gasteiger partial charge in [-0.2, -0.15) is 4.52 Å². The Bertz CT molecular complexity index is 990. The highest BCUT2D eigenvalue weighted by atomic mass is 32.2. The van der Waals surface area contributed by atoms with Gasteiger partial charge in [0.25, 0.3) is 5.56 Å². The quantitative estimate of drug-likeness (QED) is 0.513. The molecule has 0 saturated carbocycles. The maximum Gasteiger partial charge on any atom is 0.297 e. The lowest BCUT2D eigenvalue weighted by molar-refractivity contribution is 0.102. The minimum atomic E-state index is -0.430. The molecule has 0 spiro atoms. The van der Waals surface area contributed by atoms with Gasteiger partial charge in [-0.1, -0.05) is 43.9 Å². The van der Waals surface area contributed by atoms with Crippen LogP contribution >= 0.6 is 23.1 Å². The van der Waals surface area contributed by atoms with Crippen LogP contribution in [-0.2, 0) is 5.41 Å². The van der Waals surface area contributed by atoms with Gasteiger partial charge in [-0.15, -0.1) is 15.3 Å². The molecule has 0 N–H and O–H groups in total. The smallest absolute Gasteiger partial charge is 0.293 e.